The summed E-state index contributed by atoms with van der Waals surface area (Å²) in [4.78, 5) is 4.39. The van der Waals surface area contributed by atoms with Crippen LogP contribution in [0.5, 0.6) is 0 Å². The largest absolute Gasteiger partial charge is 0.385 e. The third-order valence-corrected chi connectivity index (χ3v) is 4.42. The average molecular weight is 270 g/mol. The molecule has 2 aromatic rings. The summed E-state index contributed by atoms with van der Waals surface area (Å²) in [6.45, 7) is 1.37. The van der Waals surface area contributed by atoms with E-state index in [-0.39, 0.29) is 12.1 Å². The number of fused-ring (bicyclic) bond motifs is 3. The van der Waals surface area contributed by atoms with E-state index >= 15 is 0 Å². The minimum atomic E-state index is -0.768. The highest BCUT2D eigenvalue weighted by molar-refractivity contribution is 5.79. The van der Waals surface area contributed by atoms with Gasteiger partial charge in [-0.15, -0.1) is 0 Å². The fourth-order valence-corrected chi connectivity index (χ4v) is 3.51. The van der Waals surface area contributed by atoms with E-state index < -0.39 is 5.60 Å². The number of hydrogen-bond donors (Lipinski definition) is 2. The van der Waals surface area contributed by atoms with Gasteiger partial charge < -0.3 is 15.2 Å². The number of piperidine rings is 1. The third-order valence-electron chi connectivity index (χ3n) is 4.42. The van der Waals surface area contributed by atoms with Gasteiger partial charge in [0.15, 0.2) is 0 Å². The Morgan fingerprint density at radius 1 is 1.20 bits per heavy atom. The molecule has 0 amide bonds. The first-order valence-corrected chi connectivity index (χ1v) is 7.14. The number of nitrogens with zero attached hydrogens (tertiary/aromatic N) is 1. The van der Waals surface area contributed by atoms with Crippen LogP contribution < -0.4 is 5.32 Å². The number of aliphatic hydroxyl groups is 1. The summed E-state index contributed by atoms with van der Waals surface area (Å²) < 4.78 is 5.55. The molecule has 4 nitrogen and oxygen atoms in total. The van der Waals surface area contributed by atoms with Gasteiger partial charge in [0, 0.05) is 23.7 Å². The molecule has 0 saturated carbocycles. The molecule has 2 aliphatic heterocycles. The Hall–Kier alpha value is -1.49. The van der Waals surface area contributed by atoms with Crippen LogP contribution in [0.15, 0.2) is 36.5 Å². The molecular weight excluding hydrogens is 252 g/mol. The number of aromatic nitrogens is 1. The van der Waals surface area contributed by atoms with Crippen LogP contribution in [0.4, 0.5) is 0 Å². The van der Waals surface area contributed by atoms with Crippen molar-refractivity contribution >= 4 is 10.9 Å². The van der Waals surface area contributed by atoms with Crippen LogP contribution >= 0.6 is 0 Å². The molecule has 3 heterocycles. The molecule has 2 unspecified atom stereocenters. The fourth-order valence-electron chi connectivity index (χ4n) is 3.51. The SMILES string of the molecule is OC1(c2ccc3cccnc3c2)CC2COCC(C1)N2. The smallest absolute Gasteiger partial charge is 0.0928 e. The first-order chi connectivity index (χ1) is 9.73. The van der Waals surface area contributed by atoms with E-state index in [2.05, 4.69) is 10.3 Å². The lowest BCUT2D eigenvalue weighted by atomic mass is 9.78. The van der Waals surface area contributed by atoms with Crippen molar-refractivity contribution in [3.8, 4) is 0 Å². The van der Waals surface area contributed by atoms with E-state index in [0.29, 0.717) is 26.1 Å². The number of benzene rings is 1. The van der Waals surface area contributed by atoms with Gasteiger partial charge >= 0.3 is 0 Å². The van der Waals surface area contributed by atoms with Crippen molar-refractivity contribution in [2.24, 2.45) is 0 Å². The molecule has 2 saturated heterocycles. The van der Waals surface area contributed by atoms with E-state index in [9.17, 15) is 5.11 Å². The molecule has 0 radical (unpaired) electrons. The number of hydrogen-bond acceptors (Lipinski definition) is 4. The highest BCUT2D eigenvalue weighted by Crippen LogP contribution is 2.37. The Morgan fingerprint density at radius 2 is 2.00 bits per heavy atom. The van der Waals surface area contributed by atoms with Gasteiger partial charge in [0.05, 0.1) is 24.3 Å². The molecule has 1 aromatic heterocycles. The number of ether oxygens (including phenoxy) is 1. The monoisotopic (exact) mass is 270 g/mol. The Kier molecular flexibility index (Phi) is 2.77. The van der Waals surface area contributed by atoms with Gasteiger partial charge in [-0.1, -0.05) is 18.2 Å². The second kappa shape index (κ2) is 4.52. The predicted molar refractivity (Wildman–Crippen MR) is 76.4 cm³/mol. The topological polar surface area (TPSA) is 54.4 Å². The molecule has 4 rings (SSSR count). The van der Waals surface area contributed by atoms with Crippen molar-refractivity contribution < 1.29 is 9.84 Å². The van der Waals surface area contributed by atoms with Crippen molar-refractivity contribution in [3.63, 3.8) is 0 Å². The summed E-state index contributed by atoms with van der Waals surface area (Å²) in [6, 6.07) is 10.6. The van der Waals surface area contributed by atoms with Gasteiger partial charge in [0.2, 0.25) is 0 Å². The van der Waals surface area contributed by atoms with E-state index in [4.69, 9.17) is 4.74 Å². The normalized spacial score (nSPS) is 33.2. The first kappa shape index (κ1) is 12.3. The maximum Gasteiger partial charge on any atom is 0.0928 e. The molecule has 2 aliphatic rings. The van der Waals surface area contributed by atoms with E-state index in [1.165, 1.54) is 0 Å². The van der Waals surface area contributed by atoms with Crippen LogP contribution in [0, 0.1) is 0 Å². The fraction of sp³-hybridized carbons (Fsp3) is 0.438. The molecule has 4 heteroatoms. The van der Waals surface area contributed by atoms with Gasteiger partial charge in [-0.25, -0.2) is 0 Å². The van der Waals surface area contributed by atoms with Crippen molar-refractivity contribution in [2.75, 3.05) is 13.2 Å². The summed E-state index contributed by atoms with van der Waals surface area (Å²) in [7, 11) is 0. The Labute approximate surface area is 117 Å². The molecule has 2 N–H and O–H groups in total. The lowest BCUT2D eigenvalue weighted by molar-refractivity contribution is -0.0801. The molecule has 0 spiro atoms. The van der Waals surface area contributed by atoms with Crippen molar-refractivity contribution in [3.05, 3.63) is 42.1 Å². The molecule has 2 atom stereocenters. The highest BCUT2D eigenvalue weighted by Gasteiger charge is 2.42. The second-order valence-electron chi connectivity index (χ2n) is 5.95. The number of pyridine rings is 1. The maximum atomic E-state index is 11.1. The van der Waals surface area contributed by atoms with Gasteiger partial charge in [0.25, 0.3) is 0 Å². The quantitative estimate of drug-likeness (QED) is 0.826. The van der Waals surface area contributed by atoms with Gasteiger partial charge in [0.1, 0.15) is 0 Å². The summed E-state index contributed by atoms with van der Waals surface area (Å²) in [5, 5.41) is 15.7. The molecule has 1 aromatic carbocycles. The van der Waals surface area contributed by atoms with Crippen LogP contribution in [0.1, 0.15) is 18.4 Å². The lowest BCUT2D eigenvalue weighted by Crippen LogP contribution is -2.58. The van der Waals surface area contributed by atoms with Crippen molar-refractivity contribution in [1.82, 2.24) is 10.3 Å². The number of rotatable bonds is 1. The van der Waals surface area contributed by atoms with Crippen molar-refractivity contribution in [1.29, 1.82) is 0 Å². The van der Waals surface area contributed by atoms with E-state index in [0.717, 1.165) is 16.5 Å². The predicted octanol–water partition coefficient (Wildman–Crippen LogP) is 1.57. The molecular formula is C16H18N2O2. The summed E-state index contributed by atoms with van der Waals surface area (Å²) in [6.07, 6.45) is 3.19. The number of nitrogens with one attached hydrogen (secondary N) is 1. The summed E-state index contributed by atoms with van der Waals surface area (Å²) >= 11 is 0. The Bertz CT molecular complexity index is 631. The second-order valence-corrected chi connectivity index (χ2v) is 5.95. The molecule has 104 valence electrons. The van der Waals surface area contributed by atoms with Crippen LogP contribution in [0.2, 0.25) is 0 Å². The van der Waals surface area contributed by atoms with Crippen LogP contribution in [-0.4, -0.2) is 35.4 Å². The van der Waals surface area contributed by atoms with Gasteiger partial charge in [-0.2, -0.15) is 0 Å². The first-order valence-electron chi connectivity index (χ1n) is 7.14. The maximum absolute atomic E-state index is 11.1. The number of morpholine rings is 1. The zero-order valence-electron chi connectivity index (χ0n) is 11.2. The van der Waals surface area contributed by atoms with E-state index in [1.54, 1.807) is 6.20 Å². The summed E-state index contributed by atoms with van der Waals surface area (Å²) in [5.41, 5.74) is 1.15. The molecule has 2 bridgehead atoms. The average Bonchev–Trinajstić information content (AvgIpc) is 2.46. The van der Waals surface area contributed by atoms with Crippen molar-refractivity contribution in [2.45, 2.75) is 30.5 Å². The van der Waals surface area contributed by atoms with Gasteiger partial charge in [-0.05, 0) is 30.5 Å². The van der Waals surface area contributed by atoms with Crippen LogP contribution in [0.25, 0.3) is 10.9 Å². The summed E-state index contributed by atoms with van der Waals surface area (Å²) in [5.74, 6) is 0. The molecule has 0 aliphatic carbocycles. The van der Waals surface area contributed by atoms with Crippen LogP contribution in [-0.2, 0) is 10.3 Å². The van der Waals surface area contributed by atoms with Gasteiger partial charge in [-0.3, -0.25) is 4.98 Å². The molecule has 2 fully saturated rings. The zero-order valence-corrected chi connectivity index (χ0v) is 11.2. The standard InChI is InChI=1S/C16H18N2O2/c19-16(7-13-9-20-10-14(8-16)18-13)12-4-3-11-2-1-5-17-15(11)6-12/h1-6,13-14,18-19H,7-10H2. The highest BCUT2D eigenvalue weighted by atomic mass is 16.5. The third kappa shape index (κ3) is 2.00. The van der Waals surface area contributed by atoms with E-state index in [1.807, 2.05) is 30.3 Å². The zero-order chi connectivity index (χ0) is 13.6. The Balaban J connectivity index is 1.73. The Morgan fingerprint density at radius 3 is 2.80 bits per heavy atom. The minimum Gasteiger partial charge on any atom is -0.385 e. The lowest BCUT2D eigenvalue weighted by Gasteiger charge is -2.45. The molecule has 20 heavy (non-hydrogen) atoms. The minimum absolute atomic E-state index is 0.243. The van der Waals surface area contributed by atoms with Crippen LogP contribution in [0.3, 0.4) is 0 Å².